The number of nitrogens with zero attached hydrogens (tertiary/aromatic N) is 1. The highest BCUT2D eigenvalue weighted by Gasteiger charge is 2.25. The second kappa shape index (κ2) is 6.60. The molecule has 10 heteroatoms. The van der Waals surface area contributed by atoms with Crippen molar-refractivity contribution in [2.24, 2.45) is 0 Å². The molecule has 24 heavy (non-hydrogen) atoms. The highest BCUT2D eigenvalue weighted by Crippen LogP contribution is 2.34. The van der Waals surface area contributed by atoms with Crippen molar-refractivity contribution in [3.05, 3.63) is 34.7 Å². The topological polar surface area (TPSA) is 84.9 Å². The fourth-order valence-electron chi connectivity index (χ4n) is 2.05. The van der Waals surface area contributed by atoms with Gasteiger partial charge in [0.25, 0.3) is 10.0 Å². The number of thiophene rings is 1. The molecule has 1 aliphatic heterocycles. The van der Waals surface area contributed by atoms with Gasteiger partial charge < -0.3 is 14.8 Å². The zero-order chi connectivity index (χ0) is 17.3. The zero-order valence-corrected chi connectivity index (χ0v) is 14.9. The fourth-order valence-corrected chi connectivity index (χ4v) is 4.87. The van der Waals surface area contributed by atoms with Gasteiger partial charge in [-0.15, -0.1) is 11.3 Å². The smallest absolute Gasteiger partial charge is 0.252 e. The Balaban J connectivity index is 1.66. The normalized spacial score (nSPS) is 13.3. The summed E-state index contributed by atoms with van der Waals surface area (Å²) in [6.45, 7) is -0.191. The van der Waals surface area contributed by atoms with Crippen molar-refractivity contribution in [3.8, 4) is 11.5 Å². The van der Waals surface area contributed by atoms with E-state index in [1.807, 2.05) is 0 Å². The molecule has 2 heterocycles. The van der Waals surface area contributed by atoms with Gasteiger partial charge >= 0.3 is 0 Å². The quantitative estimate of drug-likeness (QED) is 0.850. The lowest BCUT2D eigenvalue weighted by molar-refractivity contribution is -0.116. The van der Waals surface area contributed by atoms with Crippen LogP contribution in [0.3, 0.4) is 0 Å². The van der Waals surface area contributed by atoms with E-state index in [0.29, 0.717) is 21.5 Å². The van der Waals surface area contributed by atoms with Crippen LogP contribution in [-0.2, 0) is 14.8 Å². The molecule has 0 radical (unpaired) electrons. The molecule has 3 rings (SSSR count). The number of nitrogens with one attached hydrogen (secondary N) is 1. The maximum absolute atomic E-state index is 12.3. The van der Waals surface area contributed by atoms with Crippen molar-refractivity contribution in [1.29, 1.82) is 0 Å². The lowest BCUT2D eigenvalue weighted by Gasteiger charge is -2.15. The molecule has 0 saturated carbocycles. The van der Waals surface area contributed by atoms with Crippen molar-refractivity contribution < 1.29 is 22.7 Å². The summed E-state index contributed by atoms with van der Waals surface area (Å²) in [6.07, 6.45) is 0. The first-order chi connectivity index (χ1) is 11.4. The standard InChI is InChI=1S/C14H13ClN2O5S2/c1-17(24(19,20)14-5-4-12(15)23-14)7-13(18)16-9-2-3-10-11(6-9)22-8-21-10/h2-6H,7-8H2,1H3,(H,16,18). The Morgan fingerprint density at radius 1 is 1.29 bits per heavy atom. The molecule has 0 fully saturated rings. The Labute approximate surface area is 147 Å². The molecular weight excluding hydrogens is 376 g/mol. The van der Waals surface area contributed by atoms with Crippen molar-refractivity contribution in [1.82, 2.24) is 4.31 Å². The Bertz CT molecular complexity index is 881. The van der Waals surface area contributed by atoms with Gasteiger partial charge in [0.1, 0.15) is 4.21 Å². The zero-order valence-electron chi connectivity index (χ0n) is 12.5. The van der Waals surface area contributed by atoms with Gasteiger partial charge in [0, 0.05) is 18.8 Å². The Morgan fingerprint density at radius 3 is 2.75 bits per heavy atom. The molecule has 0 saturated heterocycles. The van der Waals surface area contributed by atoms with E-state index in [2.05, 4.69) is 5.32 Å². The van der Waals surface area contributed by atoms with Gasteiger partial charge in [-0.25, -0.2) is 8.42 Å². The molecule has 0 aliphatic carbocycles. The van der Waals surface area contributed by atoms with Gasteiger partial charge in [0.15, 0.2) is 11.5 Å². The summed E-state index contributed by atoms with van der Waals surface area (Å²) in [5.74, 6) is 0.659. The van der Waals surface area contributed by atoms with E-state index >= 15 is 0 Å². The number of benzene rings is 1. The molecule has 0 atom stereocenters. The van der Waals surface area contributed by atoms with Crippen LogP contribution in [0.2, 0.25) is 4.34 Å². The van der Waals surface area contributed by atoms with Crippen LogP contribution in [0.4, 0.5) is 5.69 Å². The summed E-state index contributed by atoms with van der Waals surface area (Å²) in [5, 5.41) is 2.63. The fraction of sp³-hybridized carbons (Fsp3) is 0.214. The molecule has 1 aromatic carbocycles. The van der Waals surface area contributed by atoms with Gasteiger partial charge in [-0.2, -0.15) is 4.31 Å². The number of halogens is 1. The number of fused-ring (bicyclic) bond motifs is 1. The van der Waals surface area contributed by atoms with Crippen molar-refractivity contribution >= 4 is 44.6 Å². The number of carbonyl (C=O) groups is 1. The van der Waals surface area contributed by atoms with E-state index in [-0.39, 0.29) is 17.5 Å². The largest absolute Gasteiger partial charge is 0.454 e. The first-order valence-electron chi connectivity index (χ1n) is 6.77. The van der Waals surface area contributed by atoms with Crippen LogP contribution in [0.15, 0.2) is 34.5 Å². The molecule has 128 valence electrons. The Kier molecular flexibility index (Phi) is 4.68. The second-order valence-corrected chi connectivity index (χ2v) is 8.92. The van der Waals surface area contributed by atoms with Crippen LogP contribution < -0.4 is 14.8 Å². The number of anilines is 1. The number of sulfonamides is 1. The minimum atomic E-state index is -3.75. The Morgan fingerprint density at radius 2 is 2.04 bits per heavy atom. The predicted octanol–water partition coefficient (Wildman–Crippen LogP) is 2.39. The van der Waals surface area contributed by atoms with Crippen molar-refractivity contribution in [3.63, 3.8) is 0 Å². The molecule has 0 spiro atoms. The van der Waals surface area contributed by atoms with E-state index in [9.17, 15) is 13.2 Å². The second-order valence-electron chi connectivity index (χ2n) is 4.94. The van der Waals surface area contributed by atoms with E-state index < -0.39 is 15.9 Å². The first-order valence-corrected chi connectivity index (χ1v) is 9.41. The van der Waals surface area contributed by atoms with Gasteiger partial charge in [-0.3, -0.25) is 4.79 Å². The van der Waals surface area contributed by atoms with E-state index in [4.69, 9.17) is 21.1 Å². The van der Waals surface area contributed by atoms with Crippen molar-refractivity contribution in [2.45, 2.75) is 4.21 Å². The van der Waals surface area contributed by atoms with E-state index in [1.165, 1.54) is 19.2 Å². The summed E-state index contributed by atoms with van der Waals surface area (Å²) in [4.78, 5) is 12.1. The van der Waals surface area contributed by atoms with Crippen LogP contribution in [0, 0.1) is 0 Å². The highest BCUT2D eigenvalue weighted by molar-refractivity contribution is 7.91. The van der Waals surface area contributed by atoms with Gasteiger partial charge in [-0.05, 0) is 24.3 Å². The SMILES string of the molecule is CN(CC(=O)Nc1ccc2c(c1)OCO2)S(=O)(=O)c1ccc(Cl)s1. The molecule has 7 nitrogen and oxygen atoms in total. The molecule has 1 aromatic heterocycles. The van der Waals surface area contributed by atoms with E-state index in [1.54, 1.807) is 18.2 Å². The molecule has 1 amide bonds. The lowest BCUT2D eigenvalue weighted by atomic mass is 10.3. The molecule has 2 aromatic rings. The summed E-state index contributed by atoms with van der Waals surface area (Å²) >= 11 is 6.71. The van der Waals surface area contributed by atoms with Crippen LogP contribution >= 0.6 is 22.9 Å². The predicted molar refractivity (Wildman–Crippen MR) is 90.3 cm³/mol. The number of amides is 1. The third-order valence-electron chi connectivity index (χ3n) is 3.24. The molecule has 1 aliphatic rings. The summed E-state index contributed by atoms with van der Waals surface area (Å²) in [5.41, 5.74) is 0.495. The number of hydrogen-bond acceptors (Lipinski definition) is 6. The maximum atomic E-state index is 12.3. The van der Waals surface area contributed by atoms with Crippen LogP contribution in [0.1, 0.15) is 0 Å². The number of ether oxygens (including phenoxy) is 2. The number of hydrogen-bond donors (Lipinski definition) is 1. The first kappa shape index (κ1) is 17.0. The Hall–Kier alpha value is -1.81. The summed E-state index contributed by atoms with van der Waals surface area (Å²) < 4.78 is 36.5. The van der Waals surface area contributed by atoms with Crippen molar-refractivity contribution in [2.75, 3.05) is 25.7 Å². The maximum Gasteiger partial charge on any atom is 0.252 e. The van der Waals surface area contributed by atoms with Gasteiger partial charge in [0.2, 0.25) is 12.7 Å². The number of likely N-dealkylation sites (N-methyl/N-ethyl adjacent to an activating group) is 1. The number of rotatable bonds is 5. The third kappa shape index (κ3) is 3.48. The minimum absolute atomic E-state index is 0.0888. The molecule has 0 bridgehead atoms. The van der Waals surface area contributed by atoms with Gasteiger partial charge in [-0.1, -0.05) is 11.6 Å². The lowest BCUT2D eigenvalue weighted by Crippen LogP contribution is -2.34. The average Bonchev–Trinajstić information content (AvgIpc) is 3.15. The van der Waals surface area contributed by atoms with E-state index in [0.717, 1.165) is 15.6 Å². The monoisotopic (exact) mass is 388 g/mol. The molecule has 1 N–H and O–H groups in total. The highest BCUT2D eigenvalue weighted by atomic mass is 35.5. The average molecular weight is 389 g/mol. The summed E-state index contributed by atoms with van der Waals surface area (Å²) in [7, 11) is -2.42. The van der Waals surface area contributed by atoms with Crippen LogP contribution in [0.25, 0.3) is 0 Å². The molecular formula is C14H13ClN2O5S2. The number of carbonyl (C=O) groups excluding carboxylic acids is 1. The van der Waals surface area contributed by atoms with Gasteiger partial charge in [0.05, 0.1) is 10.9 Å². The third-order valence-corrected chi connectivity index (χ3v) is 6.74. The van der Waals surface area contributed by atoms with Crippen LogP contribution in [-0.4, -0.2) is 39.0 Å². The summed E-state index contributed by atoms with van der Waals surface area (Å²) in [6, 6.07) is 7.85. The molecule has 0 unspecified atom stereocenters. The van der Waals surface area contributed by atoms with Crippen LogP contribution in [0.5, 0.6) is 11.5 Å². The minimum Gasteiger partial charge on any atom is -0.454 e.